The summed E-state index contributed by atoms with van der Waals surface area (Å²) in [5.41, 5.74) is 2.95. The number of carbonyl (C=O) groups excluding carboxylic acids is 2. The summed E-state index contributed by atoms with van der Waals surface area (Å²) >= 11 is 11.8. The maximum absolute atomic E-state index is 12.1. The maximum Gasteiger partial charge on any atom is 0.379 e. The monoisotopic (exact) mass is 476 g/mol. The van der Waals surface area contributed by atoms with E-state index in [9.17, 15) is 9.59 Å². The van der Waals surface area contributed by atoms with E-state index in [2.05, 4.69) is 10.5 Å². The number of benzene rings is 2. The number of furan rings is 1. The Kier molecular flexibility index (Phi) is 8.13. The first-order valence-corrected chi connectivity index (χ1v) is 10.1. The zero-order chi connectivity index (χ0) is 22.9. The number of ether oxygens (including phenoxy) is 3. The van der Waals surface area contributed by atoms with Gasteiger partial charge >= 0.3 is 5.97 Å². The van der Waals surface area contributed by atoms with Crippen molar-refractivity contribution in [2.45, 2.75) is 6.92 Å². The zero-order valence-corrected chi connectivity index (χ0v) is 18.4. The van der Waals surface area contributed by atoms with Gasteiger partial charge in [0.2, 0.25) is 5.76 Å². The van der Waals surface area contributed by atoms with Gasteiger partial charge in [0.05, 0.1) is 24.1 Å². The molecule has 0 aliphatic rings. The lowest BCUT2D eigenvalue weighted by atomic mass is 10.2. The molecular formula is C22H18Cl2N2O6. The van der Waals surface area contributed by atoms with Crippen molar-refractivity contribution in [1.82, 2.24) is 5.43 Å². The highest BCUT2D eigenvalue weighted by atomic mass is 35.5. The van der Waals surface area contributed by atoms with Crippen LogP contribution in [0.4, 0.5) is 0 Å². The summed E-state index contributed by atoms with van der Waals surface area (Å²) in [6.45, 7) is 1.86. The second kappa shape index (κ2) is 11.2. The molecule has 10 heteroatoms. The van der Waals surface area contributed by atoms with E-state index < -0.39 is 11.9 Å². The highest BCUT2D eigenvalue weighted by molar-refractivity contribution is 6.35. The first-order valence-electron chi connectivity index (χ1n) is 9.38. The quantitative estimate of drug-likeness (QED) is 0.207. The molecule has 0 bridgehead atoms. The molecule has 0 radical (unpaired) electrons. The summed E-state index contributed by atoms with van der Waals surface area (Å²) in [5.74, 6) is -0.170. The molecule has 1 amide bonds. The van der Waals surface area contributed by atoms with Crippen molar-refractivity contribution in [2.24, 2.45) is 5.10 Å². The minimum atomic E-state index is -0.648. The van der Waals surface area contributed by atoms with Gasteiger partial charge in [0, 0.05) is 5.02 Å². The van der Waals surface area contributed by atoms with Gasteiger partial charge in [-0.2, -0.15) is 5.10 Å². The molecular weight excluding hydrogens is 459 g/mol. The van der Waals surface area contributed by atoms with Crippen LogP contribution in [-0.2, 0) is 4.79 Å². The maximum atomic E-state index is 12.1. The van der Waals surface area contributed by atoms with Crippen LogP contribution in [0.5, 0.6) is 17.2 Å². The molecule has 0 spiro atoms. The molecule has 8 nitrogen and oxygen atoms in total. The Morgan fingerprint density at radius 3 is 2.59 bits per heavy atom. The van der Waals surface area contributed by atoms with Crippen LogP contribution in [0.15, 0.2) is 64.3 Å². The van der Waals surface area contributed by atoms with Crippen LogP contribution >= 0.6 is 23.2 Å². The molecule has 0 aliphatic carbocycles. The molecule has 1 N–H and O–H groups in total. The number of hydrazone groups is 1. The first kappa shape index (κ1) is 23.2. The Hall–Kier alpha value is -3.49. The lowest BCUT2D eigenvalue weighted by Gasteiger charge is -2.10. The Morgan fingerprint density at radius 2 is 1.88 bits per heavy atom. The lowest BCUT2D eigenvalue weighted by molar-refractivity contribution is -0.123. The van der Waals surface area contributed by atoms with Gasteiger partial charge in [-0.15, -0.1) is 0 Å². The minimum absolute atomic E-state index is 0.0721. The van der Waals surface area contributed by atoms with Gasteiger partial charge in [-0.25, -0.2) is 10.2 Å². The molecule has 0 saturated heterocycles. The second-order valence-corrected chi connectivity index (χ2v) is 7.01. The smallest absolute Gasteiger partial charge is 0.379 e. The van der Waals surface area contributed by atoms with E-state index in [1.165, 1.54) is 24.6 Å². The Bertz CT molecular complexity index is 1120. The average molecular weight is 477 g/mol. The Labute approximate surface area is 193 Å². The number of esters is 1. The van der Waals surface area contributed by atoms with Crippen molar-refractivity contribution in [3.8, 4) is 17.2 Å². The van der Waals surface area contributed by atoms with Gasteiger partial charge in [0.1, 0.15) is 5.75 Å². The SMILES string of the molecule is CCOc1cc(/C=N\NC(=O)COc2ccc(Cl)cc2Cl)ccc1OC(=O)c1ccco1. The fraction of sp³-hybridized carbons (Fsp3) is 0.136. The first-order chi connectivity index (χ1) is 15.5. The number of nitrogens with zero attached hydrogens (tertiary/aromatic N) is 1. The van der Waals surface area contributed by atoms with Crippen molar-refractivity contribution in [3.63, 3.8) is 0 Å². The Balaban J connectivity index is 1.58. The van der Waals surface area contributed by atoms with Crippen molar-refractivity contribution < 1.29 is 28.2 Å². The van der Waals surface area contributed by atoms with E-state index in [0.717, 1.165) is 0 Å². The molecule has 1 aromatic heterocycles. The molecule has 0 aliphatic heterocycles. The molecule has 0 saturated carbocycles. The number of hydrogen-bond acceptors (Lipinski definition) is 7. The summed E-state index contributed by atoms with van der Waals surface area (Å²) < 4.78 is 21.2. The van der Waals surface area contributed by atoms with Crippen LogP contribution in [-0.4, -0.2) is 31.3 Å². The fourth-order valence-electron chi connectivity index (χ4n) is 2.45. The normalized spacial score (nSPS) is 10.7. The summed E-state index contributed by atoms with van der Waals surface area (Å²) in [7, 11) is 0. The molecule has 0 unspecified atom stereocenters. The van der Waals surface area contributed by atoms with Crippen molar-refractivity contribution in [1.29, 1.82) is 0 Å². The van der Waals surface area contributed by atoms with E-state index in [1.807, 2.05) is 0 Å². The molecule has 32 heavy (non-hydrogen) atoms. The van der Waals surface area contributed by atoms with E-state index in [4.69, 9.17) is 41.8 Å². The second-order valence-electron chi connectivity index (χ2n) is 6.16. The molecule has 1 heterocycles. The molecule has 166 valence electrons. The van der Waals surface area contributed by atoms with E-state index in [0.29, 0.717) is 33.7 Å². The summed E-state index contributed by atoms with van der Waals surface area (Å²) in [6, 6.07) is 12.6. The van der Waals surface area contributed by atoms with Gasteiger partial charge in [0.15, 0.2) is 18.1 Å². The summed E-state index contributed by atoms with van der Waals surface area (Å²) in [5, 5.41) is 4.64. The number of amides is 1. The fourth-order valence-corrected chi connectivity index (χ4v) is 2.91. The minimum Gasteiger partial charge on any atom is -0.490 e. The van der Waals surface area contributed by atoms with Crippen molar-refractivity contribution in [3.05, 3.63) is 76.2 Å². The van der Waals surface area contributed by atoms with Gasteiger partial charge in [-0.05, 0) is 61.0 Å². The van der Waals surface area contributed by atoms with Gasteiger partial charge < -0.3 is 18.6 Å². The third-order valence-electron chi connectivity index (χ3n) is 3.85. The predicted octanol–water partition coefficient (Wildman–Crippen LogP) is 4.73. The van der Waals surface area contributed by atoms with Crippen LogP contribution in [0, 0.1) is 0 Å². The number of carbonyl (C=O) groups is 2. The molecule has 2 aromatic carbocycles. The average Bonchev–Trinajstić information content (AvgIpc) is 3.30. The van der Waals surface area contributed by atoms with Gasteiger partial charge in [-0.1, -0.05) is 23.2 Å². The standard InChI is InChI=1S/C22H18Cl2N2O6/c1-2-29-20-10-14(5-7-18(20)32-22(28)19-4-3-9-30-19)12-25-26-21(27)13-31-17-8-6-15(23)11-16(17)24/h3-12H,2,13H2,1H3,(H,26,27)/b25-12-. The van der Waals surface area contributed by atoms with Crippen LogP contribution in [0.3, 0.4) is 0 Å². The lowest BCUT2D eigenvalue weighted by Crippen LogP contribution is -2.24. The van der Waals surface area contributed by atoms with Gasteiger partial charge in [-0.3, -0.25) is 4.79 Å². The van der Waals surface area contributed by atoms with E-state index in [-0.39, 0.29) is 18.1 Å². The van der Waals surface area contributed by atoms with E-state index >= 15 is 0 Å². The highest BCUT2D eigenvalue weighted by Gasteiger charge is 2.15. The zero-order valence-electron chi connectivity index (χ0n) is 16.8. The van der Waals surface area contributed by atoms with Crippen LogP contribution in [0.25, 0.3) is 0 Å². The summed E-state index contributed by atoms with van der Waals surface area (Å²) in [4.78, 5) is 24.0. The number of halogens is 2. The third-order valence-corrected chi connectivity index (χ3v) is 4.38. The topological polar surface area (TPSA) is 99.4 Å². The molecule has 3 rings (SSSR count). The number of nitrogens with one attached hydrogen (secondary N) is 1. The van der Waals surface area contributed by atoms with Crippen LogP contribution in [0.2, 0.25) is 10.0 Å². The largest absolute Gasteiger partial charge is 0.490 e. The van der Waals surface area contributed by atoms with Crippen LogP contribution in [0.1, 0.15) is 23.0 Å². The Morgan fingerprint density at radius 1 is 1.06 bits per heavy atom. The van der Waals surface area contributed by atoms with Gasteiger partial charge in [0.25, 0.3) is 5.91 Å². The van der Waals surface area contributed by atoms with Crippen molar-refractivity contribution >= 4 is 41.3 Å². The van der Waals surface area contributed by atoms with E-state index in [1.54, 1.807) is 43.3 Å². The third kappa shape index (κ3) is 6.50. The number of rotatable bonds is 9. The molecule has 0 atom stereocenters. The predicted molar refractivity (Wildman–Crippen MR) is 119 cm³/mol. The highest BCUT2D eigenvalue weighted by Crippen LogP contribution is 2.29. The van der Waals surface area contributed by atoms with Crippen molar-refractivity contribution in [2.75, 3.05) is 13.2 Å². The molecule has 0 fully saturated rings. The molecule has 3 aromatic rings. The number of hydrogen-bond donors (Lipinski definition) is 1. The van der Waals surface area contributed by atoms with Crippen LogP contribution < -0.4 is 19.6 Å². The summed E-state index contributed by atoms with van der Waals surface area (Å²) in [6.07, 6.45) is 2.79.